The Kier molecular flexibility index (Phi) is 9.71. The summed E-state index contributed by atoms with van der Waals surface area (Å²) in [6.07, 6.45) is 3.27. The highest BCUT2D eigenvalue weighted by Gasteiger charge is 2.25. The van der Waals surface area contributed by atoms with Crippen molar-refractivity contribution in [1.29, 1.82) is 0 Å². The first-order valence-corrected chi connectivity index (χ1v) is 14.7. The van der Waals surface area contributed by atoms with Gasteiger partial charge in [0.05, 0.1) is 17.8 Å². The third-order valence-corrected chi connectivity index (χ3v) is 7.99. The maximum Gasteiger partial charge on any atom is 0.412 e. The summed E-state index contributed by atoms with van der Waals surface area (Å²) < 4.78 is 5.48. The zero-order valence-electron chi connectivity index (χ0n) is 23.8. The van der Waals surface area contributed by atoms with Crippen LogP contribution < -0.4 is 21.3 Å². The van der Waals surface area contributed by atoms with Crippen LogP contribution >= 0.6 is 0 Å². The van der Waals surface area contributed by atoms with E-state index in [0.29, 0.717) is 43.9 Å². The van der Waals surface area contributed by atoms with Crippen LogP contribution in [-0.2, 0) is 22.6 Å². The van der Waals surface area contributed by atoms with Gasteiger partial charge in [-0.15, -0.1) is 0 Å². The minimum atomic E-state index is -0.601. The zero-order chi connectivity index (χ0) is 29.3. The minimum Gasteiger partial charge on any atom is -0.444 e. The molecule has 0 radical (unpaired) electrons. The second kappa shape index (κ2) is 14.0. The average Bonchev–Trinajstić information content (AvgIpc) is 3.02. The third kappa shape index (κ3) is 7.88. The monoisotopic (exact) mass is 569 g/mol. The number of nitrogens with zero attached hydrogens (tertiary/aromatic N) is 2. The van der Waals surface area contributed by atoms with E-state index in [9.17, 15) is 14.4 Å². The first-order valence-electron chi connectivity index (χ1n) is 14.7. The molecule has 1 heterocycles. The molecule has 1 aliphatic heterocycles. The second-order valence-corrected chi connectivity index (χ2v) is 11.0. The summed E-state index contributed by atoms with van der Waals surface area (Å²) in [6, 6.07) is 24.8. The Balaban J connectivity index is 1.26. The summed E-state index contributed by atoms with van der Waals surface area (Å²) in [5, 5.41) is 5.99. The van der Waals surface area contributed by atoms with Gasteiger partial charge in [-0.2, -0.15) is 0 Å². The van der Waals surface area contributed by atoms with E-state index in [1.165, 1.54) is 0 Å². The van der Waals surface area contributed by atoms with Crippen molar-refractivity contribution in [1.82, 2.24) is 10.2 Å². The number of piperazine rings is 1. The van der Waals surface area contributed by atoms with Gasteiger partial charge in [0.15, 0.2) is 0 Å². The van der Waals surface area contributed by atoms with Gasteiger partial charge in [-0.05, 0) is 55.0 Å². The lowest BCUT2D eigenvalue weighted by atomic mass is 9.91. The summed E-state index contributed by atoms with van der Waals surface area (Å²) in [4.78, 5) is 42.9. The molecule has 0 spiro atoms. The zero-order valence-corrected chi connectivity index (χ0v) is 23.8. The molecule has 220 valence electrons. The maximum absolute atomic E-state index is 13.2. The number of nitrogens with one attached hydrogen (secondary N) is 2. The highest BCUT2D eigenvalue weighted by molar-refractivity contribution is 5.99. The molecule has 2 aliphatic rings. The van der Waals surface area contributed by atoms with Crippen LogP contribution in [0.15, 0.2) is 78.9 Å². The molecule has 3 aromatic rings. The van der Waals surface area contributed by atoms with E-state index in [-0.39, 0.29) is 30.5 Å². The molecular weight excluding hydrogens is 530 g/mol. The number of benzene rings is 3. The predicted octanol–water partition coefficient (Wildman–Crippen LogP) is 4.33. The molecule has 9 heteroatoms. The molecule has 0 aromatic heterocycles. The number of nitrogens with two attached hydrogens (primary N) is 1. The number of rotatable bonds is 8. The molecule has 1 saturated heterocycles. The summed E-state index contributed by atoms with van der Waals surface area (Å²) in [6.45, 7) is 2.46. The molecule has 0 bridgehead atoms. The maximum atomic E-state index is 13.2. The highest BCUT2D eigenvalue weighted by atomic mass is 16.5. The van der Waals surface area contributed by atoms with Crippen molar-refractivity contribution in [3.05, 3.63) is 95.6 Å². The lowest BCUT2D eigenvalue weighted by Crippen LogP contribution is -2.49. The summed E-state index contributed by atoms with van der Waals surface area (Å²) >= 11 is 0. The van der Waals surface area contributed by atoms with Gasteiger partial charge >= 0.3 is 6.09 Å². The van der Waals surface area contributed by atoms with E-state index in [2.05, 4.69) is 15.5 Å². The Hall–Kier alpha value is -4.37. The van der Waals surface area contributed by atoms with Gasteiger partial charge in [-0.3, -0.25) is 14.9 Å². The fourth-order valence-electron chi connectivity index (χ4n) is 5.53. The molecule has 0 unspecified atom stereocenters. The molecule has 4 N–H and O–H groups in total. The average molecular weight is 570 g/mol. The smallest absolute Gasteiger partial charge is 0.412 e. The molecule has 9 nitrogen and oxygen atoms in total. The number of carbonyl (C=O) groups is 3. The number of carbonyl (C=O) groups excluding carboxylic acids is 3. The van der Waals surface area contributed by atoms with Crippen molar-refractivity contribution >= 4 is 29.3 Å². The van der Waals surface area contributed by atoms with Crippen LogP contribution in [0.5, 0.6) is 0 Å². The summed E-state index contributed by atoms with van der Waals surface area (Å²) in [5.41, 5.74) is 9.63. The van der Waals surface area contributed by atoms with E-state index in [4.69, 9.17) is 10.5 Å². The minimum absolute atomic E-state index is 0.0886. The van der Waals surface area contributed by atoms with Crippen LogP contribution in [0, 0.1) is 0 Å². The lowest BCUT2D eigenvalue weighted by Gasteiger charge is -2.37. The van der Waals surface area contributed by atoms with Gasteiger partial charge < -0.3 is 25.6 Å². The Morgan fingerprint density at radius 2 is 1.45 bits per heavy atom. The van der Waals surface area contributed by atoms with Crippen LogP contribution in [-0.4, -0.2) is 61.1 Å². The largest absolute Gasteiger partial charge is 0.444 e. The fraction of sp³-hybridized carbons (Fsp3) is 0.364. The number of anilines is 2. The molecule has 2 fully saturated rings. The first kappa shape index (κ1) is 29.1. The Labute approximate surface area is 247 Å². The molecule has 42 heavy (non-hydrogen) atoms. The van der Waals surface area contributed by atoms with Crippen LogP contribution in [0.3, 0.4) is 0 Å². The van der Waals surface area contributed by atoms with Crippen molar-refractivity contribution < 1.29 is 19.1 Å². The van der Waals surface area contributed by atoms with Gasteiger partial charge in [0.25, 0.3) is 5.91 Å². The number of ether oxygens (including phenoxy) is 1. The summed E-state index contributed by atoms with van der Waals surface area (Å²) in [5.74, 6) is -0.0848. The molecule has 1 aliphatic carbocycles. The van der Waals surface area contributed by atoms with Crippen LogP contribution in [0.4, 0.5) is 16.2 Å². The van der Waals surface area contributed by atoms with Crippen LogP contribution in [0.2, 0.25) is 0 Å². The van der Waals surface area contributed by atoms with Gasteiger partial charge in [-0.25, -0.2) is 4.79 Å². The first-order chi connectivity index (χ1) is 20.4. The molecular formula is C33H39N5O4. The standard InChI is InChI=1S/C33H39N5O4/c34-27-12-14-28(15-13-27)35-32(40)26-11-16-30(29(22-26)36-33(41)42-23-25-9-5-2-6-10-25)37-17-19-38(20-18-37)31(39)21-24-7-3-1-4-8-24/h1-11,16,22,27-28H,12-15,17-21,23,34H2,(H,35,40)(H,36,41). The lowest BCUT2D eigenvalue weighted by molar-refractivity contribution is -0.130. The molecule has 5 rings (SSSR count). The van der Waals surface area contributed by atoms with E-state index >= 15 is 0 Å². The SMILES string of the molecule is NC1CCC(NC(=O)c2ccc(N3CCN(C(=O)Cc4ccccc4)CC3)c(NC(=O)OCc3ccccc3)c2)CC1. The number of hydrogen-bond donors (Lipinski definition) is 3. The molecule has 3 aromatic carbocycles. The molecule has 0 atom stereocenters. The second-order valence-electron chi connectivity index (χ2n) is 11.0. The quantitative estimate of drug-likeness (QED) is 0.372. The van der Waals surface area contributed by atoms with Crippen LogP contribution in [0.1, 0.15) is 47.2 Å². The van der Waals surface area contributed by atoms with Gasteiger partial charge in [0, 0.05) is 43.8 Å². The van der Waals surface area contributed by atoms with E-state index in [1.807, 2.05) is 71.6 Å². The van der Waals surface area contributed by atoms with Gasteiger partial charge in [-0.1, -0.05) is 60.7 Å². The van der Waals surface area contributed by atoms with Crippen molar-refractivity contribution in [3.8, 4) is 0 Å². The fourth-order valence-corrected chi connectivity index (χ4v) is 5.53. The predicted molar refractivity (Wildman–Crippen MR) is 163 cm³/mol. The molecule has 3 amide bonds. The van der Waals surface area contributed by atoms with E-state index < -0.39 is 6.09 Å². The van der Waals surface area contributed by atoms with E-state index in [0.717, 1.165) is 42.5 Å². The van der Waals surface area contributed by atoms with Crippen molar-refractivity contribution in [3.63, 3.8) is 0 Å². The Bertz CT molecular complexity index is 1350. The molecule has 1 saturated carbocycles. The number of amides is 3. The third-order valence-electron chi connectivity index (χ3n) is 7.99. The van der Waals surface area contributed by atoms with E-state index in [1.54, 1.807) is 12.1 Å². The van der Waals surface area contributed by atoms with Crippen LogP contribution in [0.25, 0.3) is 0 Å². The summed E-state index contributed by atoms with van der Waals surface area (Å²) in [7, 11) is 0. The number of hydrogen-bond acceptors (Lipinski definition) is 6. The Morgan fingerprint density at radius 3 is 2.12 bits per heavy atom. The van der Waals surface area contributed by atoms with Crippen molar-refractivity contribution in [2.45, 2.75) is 50.8 Å². The van der Waals surface area contributed by atoms with Crippen molar-refractivity contribution in [2.75, 3.05) is 36.4 Å². The topological polar surface area (TPSA) is 117 Å². The van der Waals surface area contributed by atoms with Gasteiger partial charge in [0.2, 0.25) is 5.91 Å². The normalized spacial score (nSPS) is 18.7. The van der Waals surface area contributed by atoms with Gasteiger partial charge in [0.1, 0.15) is 6.61 Å². The van der Waals surface area contributed by atoms with Crippen molar-refractivity contribution in [2.24, 2.45) is 5.73 Å². The Morgan fingerprint density at radius 1 is 0.810 bits per heavy atom. The highest BCUT2D eigenvalue weighted by Crippen LogP contribution is 2.29.